The average Bonchev–Trinajstić information content (AvgIpc) is 2.21. The summed E-state index contributed by atoms with van der Waals surface area (Å²) in [6.07, 6.45) is 12.4. The van der Waals surface area contributed by atoms with Crippen LogP contribution in [0.2, 0.25) is 0 Å². The highest BCUT2D eigenvalue weighted by Crippen LogP contribution is 2.07. The third-order valence-electron chi connectivity index (χ3n) is 1.20. The van der Waals surface area contributed by atoms with Gasteiger partial charge < -0.3 is 4.74 Å². The Labute approximate surface area is 96.9 Å². The SMILES string of the molecule is C#C.CCC.CCO/C(=C\C(C)C)CC. The molecule has 0 saturated carbocycles. The molecule has 0 spiro atoms. The maximum atomic E-state index is 5.36. The maximum absolute atomic E-state index is 5.36. The largest absolute Gasteiger partial charge is 0.499 e. The molecular formula is C14H28O. The molecule has 15 heavy (non-hydrogen) atoms. The van der Waals surface area contributed by atoms with Crippen LogP contribution >= 0.6 is 0 Å². The second-order valence-electron chi connectivity index (χ2n) is 3.37. The van der Waals surface area contributed by atoms with Crippen LogP contribution in [-0.4, -0.2) is 6.61 Å². The minimum absolute atomic E-state index is 0.599. The molecule has 1 nitrogen and oxygen atoms in total. The van der Waals surface area contributed by atoms with Gasteiger partial charge >= 0.3 is 0 Å². The fourth-order valence-electron chi connectivity index (χ4n) is 0.825. The molecule has 0 aliphatic heterocycles. The highest BCUT2D eigenvalue weighted by atomic mass is 16.5. The molecule has 0 aromatic rings. The predicted octanol–water partition coefficient (Wildman–Crippen LogP) is 4.64. The molecule has 90 valence electrons. The molecule has 0 aromatic carbocycles. The van der Waals surface area contributed by atoms with E-state index in [1.807, 2.05) is 6.92 Å². The molecule has 0 aliphatic carbocycles. The normalized spacial score (nSPS) is 9.53. The highest BCUT2D eigenvalue weighted by molar-refractivity contribution is 4.93. The van der Waals surface area contributed by atoms with Crippen molar-refractivity contribution in [3.63, 3.8) is 0 Å². The monoisotopic (exact) mass is 212 g/mol. The van der Waals surface area contributed by atoms with Crippen molar-refractivity contribution in [3.05, 3.63) is 11.8 Å². The quantitative estimate of drug-likeness (QED) is 0.487. The predicted molar refractivity (Wildman–Crippen MR) is 70.7 cm³/mol. The lowest BCUT2D eigenvalue weighted by molar-refractivity contribution is 0.218. The summed E-state index contributed by atoms with van der Waals surface area (Å²) in [5, 5.41) is 0. The van der Waals surface area contributed by atoms with Crippen LogP contribution in [0.25, 0.3) is 0 Å². The van der Waals surface area contributed by atoms with Crippen molar-refractivity contribution < 1.29 is 4.74 Å². The summed E-state index contributed by atoms with van der Waals surface area (Å²) < 4.78 is 5.36. The molecule has 0 saturated heterocycles. The van der Waals surface area contributed by atoms with Gasteiger partial charge in [0.1, 0.15) is 0 Å². The first-order chi connectivity index (χ1) is 7.12. The van der Waals surface area contributed by atoms with E-state index in [1.165, 1.54) is 6.42 Å². The Kier molecular flexibility index (Phi) is 24.6. The summed E-state index contributed by atoms with van der Waals surface area (Å²) in [6, 6.07) is 0. The number of rotatable bonds is 4. The van der Waals surface area contributed by atoms with E-state index in [9.17, 15) is 0 Å². The van der Waals surface area contributed by atoms with Gasteiger partial charge in [0.05, 0.1) is 12.4 Å². The van der Waals surface area contributed by atoms with Crippen LogP contribution in [0.5, 0.6) is 0 Å². The zero-order valence-corrected chi connectivity index (χ0v) is 11.3. The Morgan fingerprint density at radius 1 is 1.13 bits per heavy atom. The fourth-order valence-corrected chi connectivity index (χ4v) is 0.825. The van der Waals surface area contributed by atoms with E-state index in [-0.39, 0.29) is 0 Å². The summed E-state index contributed by atoms with van der Waals surface area (Å²) in [5.74, 6) is 1.72. The smallest absolute Gasteiger partial charge is 0.0919 e. The van der Waals surface area contributed by atoms with Crippen molar-refractivity contribution in [2.45, 2.75) is 54.4 Å². The third kappa shape index (κ3) is 24.6. The first-order valence-corrected chi connectivity index (χ1v) is 5.78. The molecule has 0 heterocycles. The van der Waals surface area contributed by atoms with Crippen molar-refractivity contribution in [1.82, 2.24) is 0 Å². The summed E-state index contributed by atoms with van der Waals surface area (Å²) in [4.78, 5) is 0. The lowest BCUT2D eigenvalue weighted by Gasteiger charge is -2.06. The van der Waals surface area contributed by atoms with Gasteiger partial charge in [0.15, 0.2) is 0 Å². The van der Waals surface area contributed by atoms with Gasteiger partial charge in [0.25, 0.3) is 0 Å². The van der Waals surface area contributed by atoms with Gasteiger partial charge in [0, 0.05) is 6.42 Å². The van der Waals surface area contributed by atoms with Crippen LogP contribution < -0.4 is 0 Å². The molecule has 0 atom stereocenters. The molecule has 0 unspecified atom stereocenters. The molecule has 0 N–H and O–H groups in total. The van der Waals surface area contributed by atoms with Crippen molar-refractivity contribution in [3.8, 4) is 12.8 Å². The van der Waals surface area contributed by atoms with Gasteiger partial charge in [-0.25, -0.2) is 0 Å². The van der Waals surface area contributed by atoms with Gasteiger partial charge in [-0.2, -0.15) is 0 Å². The first kappa shape index (κ1) is 19.6. The summed E-state index contributed by atoms with van der Waals surface area (Å²) in [5.41, 5.74) is 0. The standard InChI is InChI=1S/C9H18O.C3H8.C2H2/c1-5-9(10-6-2)7-8(3)4;1-3-2;1-2/h7-8H,5-6H2,1-4H3;3H2,1-2H3;1-2H/b9-7-;;. The van der Waals surface area contributed by atoms with E-state index in [1.54, 1.807) is 0 Å². The molecule has 0 rings (SSSR count). The van der Waals surface area contributed by atoms with Gasteiger partial charge in [0.2, 0.25) is 0 Å². The Morgan fingerprint density at radius 3 is 1.73 bits per heavy atom. The molecular weight excluding hydrogens is 184 g/mol. The number of hydrogen-bond donors (Lipinski definition) is 0. The van der Waals surface area contributed by atoms with E-state index >= 15 is 0 Å². The lowest BCUT2D eigenvalue weighted by atomic mass is 10.2. The molecule has 0 aliphatic rings. The molecule has 0 bridgehead atoms. The fraction of sp³-hybridized carbons (Fsp3) is 0.714. The highest BCUT2D eigenvalue weighted by Gasteiger charge is 1.94. The maximum Gasteiger partial charge on any atom is 0.0919 e. The second-order valence-corrected chi connectivity index (χ2v) is 3.37. The zero-order valence-electron chi connectivity index (χ0n) is 11.3. The van der Waals surface area contributed by atoms with Crippen LogP contribution in [0.4, 0.5) is 0 Å². The Morgan fingerprint density at radius 2 is 1.53 bits per heavy atom. The van der Waals surface area contributed by atoms with Crippen LogP contribution in [0.1, 0.15) is 54.4 Å². The van der Waals surface area contributed by atoms with E-state index in [0.717, 1.165) is 18.8 Å². The molecule has 0 fully saturated rings. The second kappa shape index (κ2) is 18.8. The van der Waals surface area contributed by atoms with Gasteiger partial charge in [-0.3, -0.25) is 0 Å². The molecule has 0 radical (unpaired) electrons. The third-order valence-corrected chi connectivity index (χ3v) is 1.20. The number of terminal acetylenes is 1. The van der Waals surface area contributed by atoms with Gasteiger partial charge in [-0.05, 0) is 18.9 Å². The van der Waals surface area contributed by atoms with Crippen LogP contribution in [-0.2, 0) is 4.74 Å². The zero-order chi connectivity index (χ0) is 12.7. The van der Waals surface area contributed by atoms with Crippen LogP contribution in [0.3, 0.4) is 0 Å². The van der Waals surface area contributed by atoms with Crippen LogP contribution in [0.15, 0.2) is 11.8 Å². The summed E-state index contributed by atoms with van der Waals surface area (Å²) >= 11 is 0. The summed E-state index contributed by atoms with van der Waals surface area (Å²) in [6.45, 7) is 13.5. The Bertz CT molecular complexity index is 143. The number of ether oxygens (including phenoxy) is 1. The van der Waals surface area contributed by atoms with Gasteiger partial charge in [-0.1, -0.05) is 41.0 Å². The summed E-state index contributed by atoms with van der Waals surface area (Å²) in [7, 11) is 0. The van der Waals surface area contributed by atoms with Crippen molar-refractivity contribution in [2.75, 3.05) is 6.61 Å². The van der Waals surface area contributed by atoms with Gasteiger partial charge in [-0.15, -0.1) is 12.8 Å². The van der Waals surface area contributed by atoms with E-state index in [4.69, 9.17) is 4.74 Å². The minimum Gasteiger partial charge on any atom is -0.499 e. The van der Waals surface area contributed by atoms with Crippen molar-refractivity contribution >= 4 is 0 Å². The average molecular weight is 212 g/mol. The van der Waals surface area contributed by atoms with E-state index < -0.39 is 0 Å². The minimum atomic E-state index is 0.599. The van der Waals surface area contributed by atoms with Crippen molar-refractivity contribution in [2.24, 2.45) is 5.92 Å². The van der Waals surface area contributed by atoms with Crippen LogP contribution in [0, 0.1) is 18.8 Å². The Balaban J connectivity index is -0.000000245. The number of hydrogen-bond acceptors (Lipinski definition) is 1. The Hall–Kier alpha value is -0.900. The lowest BCUT2D eigenvalue weighted by Crippen LogP contribution is -1.92. The first-order valence-electron chi connectivity index (χ1n) is 5.78. The number of allylic oxidation sites excluding steroid dienone is 2. The van der Waals surface area contributed by atoms with E-state index in [0.29, 0.717) is 5.92 Å². The topological polar surface area (TPSA) is 9.23 Å². The van der Waals surface area contributed by atoms with E-state index in [2.05, 4.69) is 53.5 Å². The molecule has 0 amide bonds. The molecule has 0 aromatic heterocycles. The van der Waals surface area contributed by atoms with Crippen molar-refractivity contribution in [1.29, 1.82) is 0 Å². The molecule has 1 heteroatoms.